The van der Waals surface area contributed by atoms with Gasteiger partial charge in [-0.15, -0.1) is 0 Å². The van der Waals surface area contributed by atoms with Crippen LogP contribution in [0.5, 0.6) is 0 Å². The maximum atomic E-state index is 12.3. The molecule has 0 saturated heterocycles. The fourth-order valence-electron chi connectivity index (χ4n) is 5.08. The van der Waals surface area contributed by atoms with E-state index in [0.717, 1.165) is 70.6 Å². The van der Waals surface area contributed by atoms with Crippen molar-refractivity contribution in [1.82, 2.24) is 0 Å². The predicted molar refractivity (Wildman–Crippen MR) is 178 cm³/mol. The van der Waals surface area contributed by atoms with Gasteiger partial charge in [-0.25, -0.2) is 0 Å². The molecule has 0 aliphatic carbocycles. The zero-order chi connectivity index (χ0) is 31.1. The van der Waals surface area contributed by atoms with Crippen molar-refractivity contribution in [2.45, 2.75) is 186 Å². The Balaban J connectivity index is 3.78. The van der Waals surface area contributed by atoms with Crippen LogP contribution in [-0.4, -0.2) is 45.2 Å². The summed E-state index contributed by atoms with van der Waals surface area (Å²) in [6, 6.07) is 0. The SMILES string of the molecule is CC/C=C\C/C=C\C/C=C\CCCCCCCC(=O)C(O)C(O)C(O)C(=O)CCCCCCCCCCCCCCC. The first-order chi connectivity index (χ1) is 20.5. The van der Waals surface area contributed by atoms with Crippen LogP contribution in [0, 0.1) is 0 Å². The van der Waals surface area contributed by atoms with Crippen molar-refractivity contribution in [2.24, 2.45) is 0 Å². The number of Topliss-reactive ketones (excluding diaryl/α,β-unsaturated/α-hetero) is 2. The molecule has 0 fully saturated rings. The standard InChI is InChI=1S/C37H66O5/c1-3-5-7-9-11-13-15-17-18-20-22-24-26-28-30-32-34(39)36(41)37(42)35(40)33(38)31-29-27-25-23-21-19-16-14-12-10-8-6-4-2/h5,7,11,13,17-18,35-37,40-42H,3-4,6,8-10,12,14-16,19-32H2,1-2H3/b7-5-,13-11-,18-17-. The van der Waals surface area contributed by atoms with Crippen molar-refractivity contribution in [3.05, 3.63) is 36.5 Å². The Morgan fingerprint density at radius 2 is 0.833 bits per heavy atom. The summed E-state index contributed by atoms with van der Waals surface area (Å²) < 4.78 is 0. The van der Waals surface area contributed by atoms with E-state index in [-0.39, 0.29) is 12.8 Å². The van der Waals surface area contributed by atoms with Gasteiger partial charge in [-0.2, -0.15) is 0 Å². The Morgan fingerprint density at radius 3 is 1.26 bits per heavy atom. The summed E-state index contributed by atoms with van der Waals surface area (Å²) in [7, 11) is 0. The largest absolute Gasteiger partial charge is 0.387 e. The van der Waals surface area contributed by atoms with Gasteiger partial charge in [0, 0.05) is 12.8 Å². The molecular weight excluding hydrogens is 524 g/mol. The summed E-state index contributed by atoms with van der Waals surface area (Å²) in [5.41, 5.74) is 0. The van der Waals surface area contributed by atoms with Gasteiger partial charge in [-0.05, 0) is 44.9 Å². The van der Waals surface area contributed by atoms with Crippen molar-refractivity contribution in [1.29, 1.82) is 0 Å². The number of allylic oxidation sites excluding steroid dienone is 6. The lowest BCUT2D eigenvalue weighted by atomic mass is 9.95. The Kier molecular flexibility index (Phi) is 29.7. The fourth-order valence-corrected chi connectivity index (χ4v) is 5.08. The molecule has 0 aromatic heterocycles. The molecule has 3 atom stereocenters. The second kappa shape index (κ2) is 30.9. The topological polar surface area (TPSA) is 94.8 Å². The molecule has 0 spiro atoms. The Hall–Kier alpha value is -1.56. The summed E-state index contributed by atoms with van der Waals surface area (Å²) in [6.07, 6.45) is 32.8. The number of carbonyl (C=O) groups excluding carboxylic acids is 2. The smallest absolute Gasteiger partial charge is 0.164 e. The molecule has 0 bridgehead atoms. The van der Waals surface area contributed by atoms with Crippen molar-refractivity contribution < 1.29 is 24.9 Å². The third kappa shape index (κ3) is 25.0. The number of ketones is 2. The van der Waals surface area contributed by atoms with E-state index in [1.54, 1.807) is 0 Å². The zero-order valence-corrected chi connectivity index (χ0v) is 27.3. The fraction of sp³-hybridized carbons (Fsp3) is 0.784. The van der Waals surface area contributed by atoms with Gasteiger partial charge in [0.15, 0.2) is 11.6 Å². The Morgan fingerprint density at radius 1 is 0.476 bits per heavy atom. The van der Waals surface area contributed by atoms with Crippen LogP contribution in [0.4, 0.5) is 0 Å². The normalized spacial score (nSPS) is 14.3. The van der Waals surface area contributed by atoms with E-state index >= 15 is 0 Å². The van der Waals surface area contributed by atoms with Gasteiger partial charge in [0.1, 0.15) is 18.3 Å². The van der Waals surface area contributed by atoms with E-state index in [0.29, 0.717) is 12.8 Å². The molecule has 0 aliphatic rings. The van der Waals surface area contributed by atoms with Crippen molar-refractivity contribution in [3.8, 4) is 0 Å². The Labute approximate surface area is 259 Å². The number of aliphatic hydroxyl groups is 3. The lowest BCUT2D eigenvalue weighted by molar-refractivity contribution is -0.146. The minimum Gasteiger partial charge on any atom is -0.387 e. The number of rotatable bonds is 31. The summed E-state index contributed by atoms with van der Waals surface area (Å²) in [6.45, 7) is 4.38. The summed E-state index contributed by atoms with van der Waals surface area (Å²) in [5.74, 6) is -0.997. The first kappa shape index (κ1) is 40.4. The molecule has 0 heterocycles. The highest BCUT2D eigenvalue weighted by Gasteiger charge is 2.33. The number of unbranched alkanes of at least 4 members (excludes halogenated alkanes) is 17. The van der Waals surface area contributed by atoms with E-state index in [9.17, 15) is 24.9 Å². The second-order valence-corrected chi connectivity index (χ2v) is 11.9. The average molecular weight is 591 g/mol. The van der Waals surface area contributed by atoms with Crippen LogP contribution >= 0.6 is 0 Å². The van der Waals surface area contributed by atoms with Gasteiger partial charge in [0.05, 0.1) is 0 Å². The molecule has 244 valence electrons. The molecule has 0 amide bonds. The van der Waals surface area contributed by atoms with Gasteiger partial charge in [-0.1, -0.05) is 147 Å². The summed E-state index contributed by atoms with van der Waals surface area (Å²) in [4.78, 5) is 24.6. The number of hydrogen-bond donors (Lipinski definition) is 3. The monoisotopic (exact) mass is 590 g/mol. The number of carbonyl (C=O) groups is 2. The highest BCUT2D eigenvalue weighted by Crippen LogP contribution is 2.15. The zero-order valence-electron chi connectivity index (χ0n) is 27.3. The van der Waals surface area contributed by atoms with Crippen molar-refractivity contribution >= 4 is 11.6 Å². The van der Waals surface area contributed by atoms with Crippen molar-refractivity contribution in [3.63, 3.8) is 0 Å². The third-order valence-corrected chi connectivity index (χ3v) is 7.91. The molecule has 3 unspecified atom stereocenters. The van der Waals surface area contributed by atoms with E-state index < -0.39 is 29.9 Å². The van der Waals surface area contributed by atoms with Crippen LogP contribution in [0.1, 0.15) is 168 Å². The van der Waals surface area contributed by atoms with Crippen LogP contribution in [0.3, 0.4) is 0 Å². The van der Waals surface area contributed by atoms with E-state index in [1.165, 1.54) is 57.8 Å². The summed E-state index contributed by atoms with van der Waals surface area (Å²) in [5, 5.41) is 30.6. The molecule has 42 heavy (non-hydrogen) atoms. The highest BCUT2D eigenvalue weighted by atomic mass is 16.4. The average Bonchev–Trinajstić information content (AvgIpc) is 2.99. The molecule has 0 radical (unpaired) electrons. The third-order valence-electron chi connectivity index (χ3n) is 7.91. The lowest BCUT2D eigenvalue weighted by Gasteiger charge is -2.21. The quantitative estimate of drug-likeness (QED) is 0.0552. The first-order valence-corrected chi connectivity index (χ1v) is 17.5. The van der Waals surface area contributed by atoms with E-state index in [2.05, 4.69) is 50.3 Å². The predicted octanol–water partition coefficient (Wildman–Crippen LogP) is 9.28. The molecule has 3 N–H and O–H groups in total. The van der Waals surface area contributed by atoms with Gasteiger partial charge in [0.2, 0.25) is 0 Å². The maximum absolute atomic E-state index is 12.3. The second-order valence-electron chi connectivity index (χ2n) is 11.9. The van der Waals surface area contributed by atoms with E-state index in [1.807, 2.05) is 0 Å². The molecule has 0 aliphatic heterocycles. The molecule has 0 aromatic carbocycles. The van der Waals surface area contributed by atoms with Crippen LogP contribution in [0.2, 0.25) is 0 Å². The lowest BCUT2D eigenvalue weighted by Crippen LogP contribution is -2.45. The van der Waals surface area contributed by atoms with E-state index in [4.69, 9.17) is 0 Å². The molecule has 5 heteroatoms. The number of hydrogen-bond acceptors (Lipinski definition) is 5. The Bertz CT molecular complexity index is 711. The van der Waals surface area contributed by atoms with Crippen LogP contribution in [0.25, 0.3) is 0 Å². The maximum Gasteiger partial charge on any atom is 0.164 e. The molecular formula is C37H66O5. The molecule has 5 nitrogen and oxygen atoms in total. The van der Waals surface area contributed by atoms with Crippen LogP contribution in [0.15, 0.2) is 36.5 Å². The van der Waals surface area contributed by atoms with Gasteiger partial charge in [0.25, 0.3) is 0 Å². The molecule has 0 aromatic rings. The van der Waals surface area contributed by atoms with Gasteiger partial charge in [-0.3, -0.25) is 9.59 Å². The van der Waals surface area contributed by atoms with Crippen LogP contribution < -0.4 is 0 Å². The van der Waals surface area contributed by atoms with Crippen LogP contribution in [-0.2, 0) is 9.59 Å². The van der Waals surface area contributed by atoms with Gasteiger partial charge < -0.3 is 15.3 Å². The highest BCUT2D eigenvalue weighted by molar-refractivity contribution is 5.87. The van der Waals surface area contributed by atoms with Crippen molar-refractivity contribution in [2.75, 3.05) is 0 Å². The molecule has 0 rings (SSSR count). The summed E-state index contributed by atoms with van der Waals surface area (Å²) >= 11 is 0. The minimum absolute atomic E-state index is 0.150. The minimum atomic E-state index is -1.75. The number of aliphatic hydroxyl groups excluding tert-OH is 3. The molecule has 0 saturated carbocycles. The van der Waals surface area contributed by atoms with Gasteiger partial charge >= 0.3 is 0 Å². The first-order valence-electron chi connectivity index (χ1n) is 17.5.